The van der Waals surface area contributed by atoms with Crippen molar-refractivity contribution < 1.29 is 4.79 Å². The van der Waals surface area contributed by atoms with Gasteiger partial charge in [-0.2, -0.15) is 5.10 Å². The summed E-state index contributed by atoms with van der Waals surface area (Å²) in [7, 11) is 0. The van der Waals surface area contributed by atoms with Gasteiger partial charge in [0.15, 0.2) is 10.6 Å². The molecular formula is C23H27N5OS. The highest BCUT2D eigenvalue weighted by Gasteiger charge is 2.18. The Balaban J connectivity index is 1.38. The highest BCUT2D eigenvalue weighted by molar-refractivity contribution is 7.71. The van der Waals surface area contributed by atoms with Gasteiger partial charge in [0.1, 0.15) is 0 Å². The van der Waals surface area contributed by atoms with Crippen molar-refractivity contribution in [2.45, 2.75) is 33.2 Å². The lowest BCUT2D eigenvalue weighted by molar-refractivity contribution is -0.116. The molecule has 1 fully saturated rings. The van der Waals surface area contributed by atoms with Crippen LogP contribution in [0.2, 0.25) is 0 Å². The summed E-state index contributed by atoms with van der Waals surface area (Å²) in [6.45, 7) is 6.99. The minimum atomic E-state index is -0.0455. The fraction of sp³-hybridized carbons (Fsp3) is 0.348. The van der Waals surface area contributed by atoms with Crippen LogP contribution in [-0.4, -0.2) is 33.8 Å². The molecule has 7 heteroatoms. The van der Waals surface area contributed by atoms with E-state index in [0.29, 0.717) is 17.7 Å². The quantitative estimate of drug-likeness (QED) is 0.562. The van der Waals surface area contributed by atoms with E-state index in [1.165, 1.54) is 12.1 Å². The van der Waals surface area contributed by atoms with Crippen LogP contribution < -0.4 is 10.2 Å². The van der Waals surface area contributed by atoms with Gasteiger partial charge in [0.2, 0.25) is 5.91 Å². The minimum Gasteiger partial charge on any atom is -0.371 e. The predicted octanol–water partition coefficient (Wildman–Crippen LogP) is 4.79. The minimum absolute atomic E-state index is 0.0455. The predicted molar refractivity (Wildman–Crippen MR) is 123 cm³/mol. The van der Waals surface area contributed by atoms with Gasteiger partial charge in [-0.25, -0.2) is 0 Å². The van der Waals surface area contributed by atoms with Crippen LogP contribution in [0.25, 0.3) is 11.4 Å². The Bertz CT molecular complexity index is 1090. The summed E-state index contributed by atoms with van der Waals surface area (Å²) in [6.07, 6.45) is 1.55. The highest BCUT2D eigenvalue weighted by Crippen LogP contribution is 2.25. The SMILES string of the molecule is Cc1cccc(-c2n[nH]c(=S)n2CCC(=O)Nc2ccc(N3CCC(C)C3)cc2)c1. The van der Waals surface area contributed by atoms with E-state index in [4.69, 9.17) is 12.2 Å². The number of aryl methyl sites for hydroxylation is 1. The van der Waals surface area contributed by atoms with E-state index in [9.17, 15) is 4.79 Å². The molecule has 1 saturated heterocycles. The third kappa shape index (κ3) is 4.62. The van der Waals surface area contributed by atoms with Crippen molar-refractivity contribution >= 4 is 29.5 Å². The fourth-order valence-corrected chi connectivity index (χ4v) is 4.12. The summed E-state index contributed by atoms with van der Waals surface area (Å²) in [5, 5.41) is 10.2. The van der Waals surface area contributed by atoms with Crippen LogP contribution in [0.3, 0.4) is 0 Å². The summed E-state index contributed by atoms with van der Waals surface area (Å²) in [5.41, 5.74) is 4.16. The number of anilines is 2. The molecule has 0 radical (unpaired) electrons. The molecule has 6 nitrogen and oxygen atoms in total. The van der Waals surface area contributed by atoms with Crippen LogP contribution >= 0.6 is 12.2 Å². The first-order valence-corrected chi connectivity index (χ1v) is 10.8. The van der Waals surface area contributed by atoms with Crippen LogP contribution in [0.4, 0.5) is 11.4 Å². The molecule has 1 amide bonds. The average molecular weight is 422 g/mol. The number of aromatic amines is 1. The van der Waals surface area contributed by atoms with Gasteiger partial charge in [0, 0.05) is 43.0 Å². The number of nitrogens with zero attached hydrogens (tertiary/aromatic N) is 3. The van der Waals surface area contributed by atoms with Gasteiger partial charge in [-0.15, -0.1) is 0 Å². The van der Waals surface area contributed by atoms with Crippen LogP contribution in [0.15, 0.2) is 48.5 Å². The van der Waals surface area contributed by atoms with Crippen molar-refractivity contribution in [1.29, 1.82) is 0 Å². The molecule has 2 N–H and O–H groups in total. The molecule has 30 heavy (non-hydrogen) atoms. The first-order chi connectivity index (χ1) is 14.5. The normalized spacial score (nSPS) is 16.1. The summed E-state index contributed by atoms with van der Waals surface area (Å²) in [5.74, 6) is 1.44. The number of carbonyl (C=O) groups excluding carboxylic acids is 1. The first kappa shape index (κ1) is 20.3. The molecular weight excluding hydrogens is 394 g/mol. The second-order valence-corrected chi connectivity index (χ2v) is 8.45. The van der Waals surface area contributed by atoms with E-state index < -0.39 is 0 Å². The van der Waals surface area contributed by atoms with Crippen molar-refractivity contribution in [3.05, 3.63) is 58.9 Å². The molecule has 4 rings (SSSR count). The fourth-order valence-electron chi connectivity index (χ4n) is 3.89. The van der Waals surface area contributed by atoms with Gasteiger partial charge >= 0.3 is 0 Å². The molecule has 0 spiro atoms. The Hall–Kier alpha value is -2.93. The number of aromatic nitrogens is 3. The van der Waals surface area contributed by atoms with E-state index in [1.807, 2.05) is 41.8 Å². The van der Waals surface area contributed by atoms with E-state index in [1.54, 1.807) is 0 Å². The zero-order valence-corrected chi connectivity index (χ0v) is 18.2. The number of H-pyrrole nitrogens is 1. The number of nitrogens with one attached hydrogen (secondary N) is 2. The van der Waals surface area contributed by atoms with Crippen LogP contribution in [0.5, 0.6) is 0 Å². The largest absolute Gasteiger partial charge is 0.371 e. The van der Waals surface area contributed by atoms with E-state index in [-0.39, 0.29) is 5.91 Å². The van der Waals surface area contributed by atoms with Crippen LogP contribution in [0, 0.1) is 17.6 Å². The van der Waals surface area contributed by atoms with Crippen LogP contribution in [-0.2, 0) is 11.3 Å². The second kappa shape index (κ2) is 8.83. The van der Waals surface area contributed by atoms with Gasteiger partial charge in [-0.3, -0.25) is 14.5 Å². The van der Waals surface area contributed by atoms with Crippen molar-refractivity contribution in [1.82, 2.24) is 14.8 Å². The van der Waals surface area contributed by atoms with Crippen molar-refractivity contribution in [3.8, 4) is 11.4 Å². The van der Waals surface area contributed by atoms with Gasteiger partial charge in [0.05, 0.1) is 0 Å². The van der Waals surface area contributed by atoms with E-state index >= 15 is 0 Å². The maximum Gasteiger partial charge on any atom is 0.226 e. The smallest absolute Gasteiger partial charge is 0.226 e. The summed E-state index contributed by atoms with van der Waals surface area (Å²) in [4.78, 5) is 14.9. The lowest BCUT2D eigenvalue weighted by Crippen LogP contribution is -2.19. The molecule has 0 bridgehead atoms. The number of rotatable bonds is 6. The third-order valence-corrected chi connectivity index (χ3v) is 5.85. The van der Waals surface area contributed by atoms with E-state index in [2.05, 4.69) is 45.5 Å². The molecule has 0 saturated carbocycles. The summed E-state index contributed by atoms with van der Waals surface area (Å²) in [6, 6.07) is 16.2. The molecule has 1 unspecified atom stereocenters. The number of benzene rings is 2. The maximum absolute atomic E-state index is 12.5. The standard InChI is InChI=1S/C23H27N5OS/c1-16-4-3-5-18(14-16)22-25-26-23(30)28(22)13-11-21(29)24-19-6-8-20(9-7-19)27-12-10-17(2)15-27/h3-9,14,17H,10-13,15H2,1-2H3,(H,24,29)(H,26,30). The first-order valence-electron chi connectivity index (χ1n) is 10.4. The number of hydrogen-bond donors (Lipinski definition) is 2. The molecule has 1 atom stereocenters. The van der Waals surface area contributed by atoms with Gasteiger partial charge in [0.25, 0.3) is 0 Å². The lowest BCUT2D eigenvalue weighted by Gasteiger charge is -2.18. The number of carbonyl (C=O) groups is 1. The Morgan fingerprint density at radius 1 is 1.27 bits per heavy atom. The zero-order valence-electron chi connectivity index (χ0n) is 17.4. The van der Waals surface area contributed by atoms with Crippen LogP contribution in [0.1, 0.15) is 25.3 Å². The molecule has 0 aliphatic carbocycles. The Labute approximate surface area is 181 Å². The third-order valence-electron chi connectivity index (χ3n) is 5.54. The topological polar surface area (TPSA) is 66.0 Å². The molecule has 3 aromatic rings. The second-order valence-electron chi connectivity index (χ2n) is 8.06. The molecule has 1 aliphatic heterocycles. The lowest BCUT2D eigenvalue weighted by atomic mass is 10.1. The zero-order chi connectivity index (χ0) is 21.1. The van der Waals surface area contributed by atoms with Gasteiger partial charge < -0.3 is 10.2 Å². The summed E-state index contributed by atoms with van der Waals surface area (Å²) >= 11 is 5.37. The summed E-state index contributed by atoms with van der Waals surface area (Å²) < 4.78 is 2.39. The van der Waals surface area contributed by atoms with Gasteiger partial charge in [-0.05, 0) is 61.8 Å². The van der Waals surface area contributed by atoms with Crippen molar-refractivity contribution in [2.75, 3.05) is 23.3 Å². The molecule has 156 valence electrons. The van der Waals surface area contributed by atoms with Gasteiger partial charge in [-0.1, -0.05) is 30.7 Å². The number of hydrogen-bond acceptors (Lipinski definition) is 4. The Kier molecular flexibility index (Phi) is 5.99. The van der Waals surface area contributed by atoms with Crippen molar-refractivity contribution in [3.63, 3.8) is 0 Å². The number of amides is 1. The van der Waals surface area contributed by atoms with E-state index in [0.717, 1.165) is 41.6 Å². The molecule has 1 aromatic heterocycles. The van der Waals surface area contributed by atoms with Crippen molar-refractivity contribution in [2.24, 2.45) is 5.92 Å². The Morgan fingerprint density at radius 2 is 2.07 bits per heavy atom. The highest BCUT2D eigenvalue weighted by atomic mass is 32.1. The Morgan fingerprint density at radius 3 is 2.77 bits per heavy atom. The average Bonchev–Trinajstić information content (AvgIpc) is 3.32. The maximum atomic E-state index is 12.5. The monoisotopic (exact) mass is 421 g/mol. The molecule has 2 heterocycles. The molecule has 2 aromatic carbocycles. The molecule has 1 aliphatic rings.